The normalized spacial score (nSPS) is 15.9. The Hall–Kier alpha value is -0.520. The van der Waals surface area contributed by atoms with Gasteiger partial charge in [0.1, 0.15) is 0 Å². The zero-order valence-electron chi connectivity index (χ0n) is 6.15. The Kier molecular flexibility index (Phi) is 3.29. The Morgan fingerprint density at radius 3 is 2.67 bits per heavy atom. The summed E-state index contributed by atoms with van der Waals surface area (Å²) in [5.74, 6) is 0. The third-order valence-electron chi connectivity index (χ3n) is 1.17. The molecular weight excluding hydrogens is 112 g/mol. The minimum Gasteiger partial charge on any atom is -0.385 e. The third kappa shape index (κ3) is 4.01. The van der Waals surface area contributed by atoms with Crippen LogP contribution in [0.5, 0.6) is 0 Å². The smallest absolute Gasteiger partial charge is 0.0872 e. The summed E-state index contributed by atoms with van der Waals surface area (Å²) in [6, 6.07) is 0. The molecule has 0 aromatic heterocycles. The summed E-state index contributed by atoms with van der Waals surface area (Å²) in [5, 5.41) is 9.36. The van der Waals surface area contributed by atoms with Gasteiger partial charge in [-0.05, 0) is 19.4 Å². The van der Waals surface area contributed by atoms with Crippen molar-refractivity contribution in [3.8, 4) is 0 Å². The molecule has 1 unspecified atom stereocenters. The molecule has 1 nitrogen and oxygen atoms in total. The minimum absolute atomic E-state index is 0.698. The summed E-state index contributed by atoms with van der Waals surface area (Å²) in [4.78, 5) is 0. The summed E-state index contributed by atoms with van der Waals surface area (Å²) < 4.78 is 0. The van der Waals surface area contributed by atoms with Crippen LogP contribution in [0.25, 0.3) is 0 Å². The second kappa shape index (κ2) is 3.49. The van der Waals surface area contributed by atoms with Crippen molar-refractivity contribution in [2.45, 2.75) is 32.3 Å². The van der Waals surface area contributed by atoms with Crippen LogP contribution >= 0.6 is 0 Å². The molecule has 0 aliphatic rings. The molecule has 0 aliphatic heterocycles. The molecule has 1 heteroatoms. The molecule has 0 rings (SSSR count). The zero-order chi connectivity index (χ0) is 7.33. The lowest BCUT2D eigenvalue weighted by Gasteiger charge is -2.15. The fraction of sp³-hybridized carbons (Fsp3) is 0.625. The van der Waals surface area contributed by atoms with Crippen LogP contribution in [0.4, 0.5) is 0 Å². The fourth-order valence-corrected chi connectivity index (χ4v) is 0.798. The molecule has 0 amide bonds. The van der Waals surface area contributed by atoms with Gasteiger partial charge in [-0.2, -0.15) is 0 Å². The average Bonchev–Trinajstić information content (AvgIpc) is 1.64. The molecule has 0 radical (unpaired) electrons. The van der Waals surface area contributed by atoms with E-state index in [-0.39, 0.29) is 0 Å². The fourth-order valence-electron chi connectivity index (χ4n) is 0.798. The van der Waals surface area contributed by atoms with E-state index in [1.54, 1.807) is 13.0 Å². The second-order valence-electron chi connectivity index (χ2n) is 2.46. The predicted octanol–water partition coefficient (Wildman–Crippen LogP) is 1.88. The number of hydrogen-bond donors (Lipinski definition) is 1. The van der Waals surface area contributed by atoms with Crippen molar-refractivity contribution in [1.29, 1.82) is 0 Å². The number of rotatable bonds is 3. The maximum absolute atomic E-state index is 9.36. The van der Waals surface area contributed by atoms with E-state index in [4.69, 9.17) is 0 Å². The highest BCUT2D eigenvalue weighted by Gasteiger charge is 2.12. The largest absolute Gasteiger partial charge is 0.385 e. The first-order valence-corrected chi connectivity index (χ1v) is 3.22. The van der Waals surface area contributed by atoms with Gasteiger partial charge >= 0.3 is 0 Å². The molecule has 0 fully saturated rings. The first kappa shape index (κ1) is 8.48. The van der Waals surface area contributed by atoms with Crippen LogP contribution in [0.2, 0.25) is 0 Å². The van der Waals surface area contributed by atoms with Crippen LogP contribution < -0.4 is 0 Å². The maximum atomic E-state index is 9.36. The van der Waals surface area contributed by atoms with Crippen LogP contribution in [0.15, 0.2) is 18.4 Å². The lowest BCUT2D eigenvalue weighted by Crippen LogP contribution is -2.19. The van der Waals surface area contributed by atoms with E-state index in [0.717, 1.165) is 12.8 Å². The molecule has 0 saturated carbocycles. The molecule has 0 bridgehead atoms. The molecule has 0 aromatic carbocycles. The van der Waals surface area contributed by atoms with Crippen molar-refractivity contribution in [1.82, 2.24) is 0 Å². The Bertz CT molecular complexity index is 119. The Morgan fingerprint density at radius 1 is 1.78 bits per heavy atom. The van der Waals surface area contributed by atoms with Gasteiger partial charge in [0.2, 0.25) is 0 Å². The zero-order valence-corrected chi connectivity index (χ0v) is 6.15. The first-order chi connectivity index (χ1) is 4.12. The van der Waals surface area contributed by atoms with E-state index in [2.05, 4.69) is 12.3 Å². The Morgan fingerprint density at radius 2 is 2.33 bits per heavy atom. The Balaban J connectivity index is 3.85. The van der Waals surface area contributed by atoms with E-state index < -0.39 is 5.60 Å². The third-order valence-corrected chi connectivity index (χ3v) is 1.17. The summed E-state index contributed by atoms with van der Waals surface area (Å²) in [7, 11) is 0. The van der Waals surface area contributed by atoms with E-state index in [1.807, 2.05) is 6.92 Å². The maximum Gasteiger partial charge on any atom is 0.0872 e. The van der Waals surface area contributed by atoms with E-state index >= 15 is 0 Å². The van der Waals surface area contributed by atoms with Crippen molar-refractivity contribution in [3.63, 3.8) is 0 Å². The lowest BCUT2D eigenvalue weighted by atomic mass is 10.0. The molecule has 1 N–H and O–H groups in total. The first-order valence-electron chi connectivity index (χ1n) is 3.22. The average molecular weight is 126 g/mol. The Labute approximate surface area is 56.7 Å². The van der Waals surface area contributed by atoms with Gasteiger partial charge in [0.05, 0.1) is 5.60 Å². The molecule has 0 spiro atoms. The van der Waals surface area contributed by atoms with Gasteiger partial charge in [0, 0.05) is 0 Å². The van der Waals surface area contributed by atoms with Gasteiger partial charge in [0.25, 0.3) is 0 Å². The van der Waals surface area contributed by atoms with Crippen molar-refractivity contribution in [2.75, 3.05) is 0 Å². The van der Waals surface area contributed by atoms with Crippen LogP contribution in [0.3, 0.4) is 0 Å². The summed E-state index contributed by atoms with van der Waals surface area (Å²) in [5.41, 5.74) is 1.87. The summed E-state index contributed by atoms with van der Waals surface area (Å²) in [6.45, 7) is 7.18. The molecule has 0 saturated heterocycles. The summed E-state index contributed by atoms with van der Waals surface area (Å²) in [6.07, 6.45) is 3.34. The molecular formula is C8H14O. The summed E-state index contributed by atoms with van der Waals surface area (Å²) >= 11 is 0. The van der Waals surface area contributed by atoms with Gasteiger partial charge in [-0.15, -0.1) is 5.73 Å². The van der Waals surface area contributed by atoms with Crippen molar-refractivity contribution < 1.29 is 5.11 Å². The van der Waals surface area contributed by atoms with Crippen molar-refractivity contribution >= 4 is 0 Å². The highest BCUT2D eigenvalue weighted by molar-refractivity contribution is 4.94. The van der Waals surface area contributed by atoms with Crippen LogP contribution in [-0.4, -0.2) is 10.7 Å². The lowest BCUT2D eigenvalue weighted by molar-refractivity contribution is 0.101. The monoisotopic (exact) mass is 126 g/mol. The van der Waals surface area contributed by atoms with Crippen LogP contribution in [0, 0.1) is 0 Å². The van der Waals surface area contributed by atoms with Crippen LogP contribution in [-0.2, 0) is 0 Å². The van der Waals surface area contributed by atoms with E-state index in [1.165, 1.54) is 0 Å². The molecule has 0 heterocycles. The SMILES string of the molecule is C=C=CC(C)(O)CCC. The van der Waals surface area contributed by atoms with Crippen molar-refractivity contribution in [2.24, 2.45) is 0 Å². The molecule has 0 aliphatic carbocycles. The molecule has 52 valence electrons. The minimum atomic E-state index is -0.698. The standard InChI is InChI=1S/C8H14O/c1-4-6-8(3,9)7-5-2/h6,9H,1,5,7H2,2-3H3. The van der Waals surface area contributed by atoms with Gasteiger partial charge in [-0.1, -0.05) is 19.9 Å². The molecule has 0 aromatic rings. The van der Waals surface area contributed by atoms with Gasteiger partial charge < -0.3 is 5.11 Å². The highest BCUT2D eigenvalue weighted by atomic mass is 16.3. The predicted molar refractivity (Wildman–Crippen MR) is 39.2 cm³/mol. The van der Waals surface area contributed by atoms with Gasteiger partial charge in [-0.3, -0.25) is 0 Å². The van der Waals surface area contributed by atoms with Crippen molar-refractivity contribution in [3.05, 3.63) is 18.4 Å². The van der Waals surface area contributed by atoms with Gasteiger partial charge in [-0.25, -0.2) is 0 Å². The van der Waals surface area contributed by atoms with Crippen LogP contribution in [0.1, 0.15) is 26.7 Å². The second-order valence-corrected chi connectivity index (χ2v) is 2.46. The molecule has 1 atom stereocenters. The topological polar surface area (TPSA) is 20.2 Å². The highest BCUT2D eigenvalue weighted by Crippen LogP contribution is 2.11. The quantitative estimate of drug-likeness (QED) is 0.572. The molecule has 9 heavy (non-hydrogen) atoms. The van der Waals surface area contributed by atoms with Gasteiger partial charge in [0.15, 0.2) is 0 Å². The van der Waals surface area contributed by atoms with E-state index in [0.29, 0.717) is 0 Å². The number of aliphatic hydroxyl groups is 1. The number of hydrogen-bond acceptors (Lipinski definition) is 1. The van der Waals surface area contributed by atoms with E-state index in [9.17, 15) is 5.11 Å².